The Labute approximate surface area is 284 Å². The molecule has 8 nitrogen and oxygen atoms in total. The van der Waals surface area contributed by atoms with Gasteiger partial charge in [-0.05, 0) is 92.1 Å². The Morgan fingerprint density at radius 2 is 1.13 bits per heavy atom. The van der Waals surface area contributed by atoms with E-state index in [1.165, 1.54) is 0 Å². The predicted molar refractivity (Wildman–Crippen MR) is 195 cm³/mol. The van der Waals surface area contributed by atoms with Crippen molar-refractivity contribution in [1.82, 2.24) is 14.9 Å². The van der Waals surface area contributed by atoms with Gasteiger partial charge in [0.1, 0.15) is 11.5 Å². The Kier molecular flexibility index (Phi) is 9.99. The summed E-state index contributed by atoms with van der Waals surface area (Å²) in [4.78, 5) is 24.1. The largest absolute Gasteiger partial charge is 0.497 e. The van der Waals surface area contributed by atoms with Crippen LogP contribution < -0.4 is 20.1 Å². The minimum Gasteiger partial charge on any atom is -0.497 e. The zero-order valence-electron chi connectivity index (χ0n) is 26.7. The van der Waals surface area contributed by atoms with E-state index in [1.807, 2.05) is 77.7 Å². The number of hydrogen-bond acceptors (Lipinski definition) is 7. The summed E-state index contributed by atoms with van der Waals surface area (Å²) >= 11 is 12.6. The fourth-order valence-corrected chi connectivity index (χ4v) is 6.31. The highest BCUT2D eigenvalue weighted by molar-refractivity contribution is 6.32. The molecule has 0 aliphatic rings. The summed E-state index contributed by atoms with van der Waals surface area (Å²) in [5.41, 5.74) is 5.38. The van der Waals surface area contributed by atoms with Crippen LogP contribution in [0, 0.1) is 0 Å². The highest BCUT2D eigenvalue weighted by Gasteiger charge is 2.14. The molecule has 0 bridgehead atoms. The molecule has 2 aromatic heterocycles. The number of rotatable bonds is 13. The number of anilines is 2. The number of carbonyl (C=O) groups excluding carboxylic acids is 1. The Morgan fingerprint density at radius 1 is 0.638 bits per heavy atom. The monoisotopic (exact) mass is 669 g/mol. The second kappa shape index (κ2) is 14.5. The minimum atomic E-state index is 0.0762. The third-order valence-corrected chi connectivity index (χ3v) is 8.86. The molecule has 0 atom stereocenters. The lowest BCUT2D eigenvalue weighted by atomic mass is 10.1. The van der Waals surface area contributed by atoms with Crippen LogP contribution in [0.1, 0.15) is 26.2 Å². The number of nitrogens with one attached hydrogen (secondary N) is 2. The Balaban J connectivity index is 1.07. The fraction of sp³-hybridized carbons (Fsp3) is 0.270. The van der Waals surface area contributed by atoms with Crippen LogP contribution in [0.25, 0.3) is 43.6 Å². The first-order valence-electron chi connectivity index (χ1n) is 15.7. The molecule has 0 spiro atoms. The lowest BCUT2D eigenvalue weighted by molar-refractivity contribution is -0.128. The number of carbonyl (C=O) groups is 1. The van der Waals surface area contributed by atoms with Crippen molar-refractivity contribution in [3.63, 3.8) is 0 Å². The van der Waals surface area contributed by atoms with Gasteiger partial charge < -0.3 is 25.0 Å². The van der Waals surface area contributed by atoms with Gasteiger partial charge in [0, 0.05) is 64.7 Å². The van der Waals surface area contributed by atoms with E-state index in [2.05, 4.69) is 10.6 Å². The lowest BCUT2D eigenvalue weighted by Gasteiger charge is -2.22. The van der Waals surface area contributed by atoms with Gasteiger partial charge in [-0.1, -0.05) is 23.2 Å². The van der Waals surface area contributed by atoms with E-state index >= 15 is 0 Å². The number of benzene rings is 4. The highest BCUT2D eigenvalue weighted by Crippen LogP contribution is 2.35. The molecule has 0 radical (unpaired) electrons. The molecule has 0 saturated carbocycles. The first-order chi connectivity index (χ1) is 22.8. The van der Waals surface area contributed by atoms with E-state index in [4.69, 9.17) is 42.6 Å². The van der Waals surface area contributed by atoms with E-state index in [0.717, 1.165) is 92.3 Å². The van der Waals surface area contributed by atoms with Gasteiger partial charge in [-0.2, -0.15) is 0 Å². The number of ether oxygens (including phenoxy) is 2. The first kappa shape index (κ1) is 32.4. The van der Waals surface area contributed by atoms with Crippen molar-refractivity contribution in [2.75, 3.05) is 51.0 Å². The summed E-state index contributed by atoms with van der Waals surface area (Å²) in [7, 11) is 3.32. The Hall–Kier alpha value is -4.53. The first-order valence-corrected chi connectivity index (χ1v) is 16.5. The van der Waals surface area contributed by atoms with Crippen molar-refractivity contribution in [2.45, 2.75) is 26.2 Å². The van der Waals surface area contributed by atoms with Gasteiger partial charge in [0.2, 0.25) is 5.91 Å². The average Bonchev–Trinajstić information content (AvgIpc) is 3.07. The maximum absolute atomic E-state index is 12.6. The minimum absolute atomic E-state index is 0.0762. The molecule has 242 valence electrons. The number of amides is 1. The van der Waals surface area contributed by atoms with Gasteiger partial charge in [-0.25, -0.2) is 9.97 Å². The molecule has 0 aliphatic carbocycles. The van der Waals surface area contributed by atoms with Crippen LogP contribution in [-0.2, 0) is 4.79 Å². The van der Waals surface area contributed by atoms with Crippen molar-refractivity contribution in [2.24, 2.45) is 0 Å². The summed E-state index contributed by atoms with van der Waals surface area (Å²) < 4.78 is 11.0. The van der Waals surface area contributed by atoms with Crippen LogP contribution in [0.15, 0.2) is 72.8 Å². The molecule has 6 aromatic rings. The fourth-order valence-electron chi connectivity index (χ4n) is 5.98. The molecule has 0 aliphatic heterocycles. The van der Waals surface area contributed by atoms with Crippen molar-refractivity contribution in [1.29, 1.82) is 0 Å². The van der Waals surface area contributed by atoms with Crippen LogP contribution in [-0.4, -0.2) is 61.2 Å². The van der Waals surface area contributed by atoms with Crippen LogP contribution in [0.4, 0.5) is 11.4 Å². The molecule has 0 unspecified atom stereocenters. The molecule has 1 amide bonds. The average molecular weight is 671 g/mol. The van der Waals surface area contributed by atoms with Crippen LogP contribution in [0.5, 0.6) is 11.5 Å². The second-order valence-corrected chi connectivity index (χ2v) is 12.4. The molecular formula is C37H37Cl2N5O3. The SMILES string of the molecule is COc1ccc2nc3cc(Cl)ccc3c(NCCCCN(CCCNc3c4ccc(Cl)cc4nc4ccc(OC)cc34)C(C)=O)c2c1. The molecule has 6 rings (SSSR count). The number of pyridine rings is 2. The number of methoxy groups -OCH3 is 2. The molecule has 0 fully saturated rings. The summed E-state index contributed by atoms with van der Waals surface area (Å²) in [6.07, 6.45) is 2.56. The zero-order valence-corrected chi connectivity index (χ0v) is 28.2. The topological polar surface area (TPSA) is 88.6 Å². The van der Waals surface area contributed by atoms with Gasteiger partial charge in [-0.15, -0.1) is 0 Å². The zero-order chi connectivity index (χ0) is 32.9. The Bertz CT molecular complexity index is 2090. The molecular weight excluding hydrogens is 633 g/mol. The molecule has 47 heavy (non-hydrogen) atoms. The Morgan fingerprint density at radius 3 is 1.62 bits per heavy atom. The number of aromatic nitrogens is 2. The van der Waals surface area contributed by atoms with E-state index < -0.39 is 0 Å². The lowest BCUT2D eigenvalue weighted by Crippen LogP contribution is -2.32. The molecule has 2 heterocycles. The molecule has 0 saturated heterocycles. The molecule has 10 heteroatoms. The highest BCUT2D eigenvalue weighted by atomic mass is 35.5. The van der Waals surface area contributed by atoms with E-state index in [1.54, 1.807) is 21.1 Å². The third-order valence-electron chi connectivity index (χ3n) is 8.39. The normalized spacial score (nSPS) is 11.3. The number of fused-ring (bicyclic) bond motifs is 4. The smallest absolute Gasteiger partial charge is 0.219 e. The van der Waals surface area contributed by atoms with Crippen molar-refractivity contribution in [3.8, 4) is 11.5 Å². The summed E-state index contributed by atoms with van der Waals surface area (Å²) in [6, 6.07) is 23.3. The number of nitrogens with zero attached hydrogens (tertiary/aromatic N) is 3. The van der Waals surface area contributed by atoms with Gasteiger partial charge in [0.05, 0.1) is 47.7 Å². The van der Waals surface area contributed by atoms with Crippen LogP contribution in [0.2, 0.25) is 10.0 Å². The maximum Gasteiger partial charge on any atom is 0.219 e. The molecule has 4 aromatic carbocycles. The number of halogens is 2. The van der Waals surface area contributed by atoms with Crippen molar-refractivity contribution < 1.29 is 14.3 Å². The summed E-state index contributed by atoms with van der Waals surface area (Å²) in [5, 5.41) is 12.5. The van der Waals surface area contributed by atoms with Gasteiger partial charge in [0.15, 0.2) is 0 Å². The van der Waals surface area contributed by atoms with Crippen LogP contribution in [0.3, 0.4) is 0 Å². The van der Waals surface area contributed by atoms with Gasteiger partial charge >= 0.3 is 0 Å². The van der Waals surface area contributed by atoms with Crippen LogP contribution >= 0.6 is 23.2 Å². The van der Waals surface area contributed by atoms with Gasteiger partial charge in [0.25, 0.3) is 0 Å². The van der Waals surface area contributed by atoms with Gasteiger partial charge in [-0.3, -0.25) is 4.79 Å². The third kappa shape index (κ3) is 7.24. The number of unbranched alkanes of at least 4 members (excludes halogenated alkanes) is 1. The van der Waals surface area contributed by atoms with Crippen molar-refractivity contribution in [3.05, 3.63) is 82.8 Å². The van der Waals surface area contributed by atoms with E-state index in [0.29, 0.717) is 29.7 Å². The predicted octanol–water partition coefficient (Wildman–Crippen LogP) is 8.96. The maximum atomic E-state index is 12.6. The quantitative estimate of drug-likeness (QED) is 0.0937. The second-order valence-electron chi connectivity index (χ2n) is 11.5. The summed E-state index contributed by atoms with van der Waals surface area (Å²) in [6.45, 7) is 4.42. The van der Waals surface area contributed by atoms with Crippen molar-refractivity contribution >= 4 is 84.1 Å². The van der Waals surface area contributed by atoms with E-state index in [9.17, 15) is 4.79 Å². The summed E-state index contributed by atoms with van der Waals surface area (Å²) in [5.74, 6) is 1.62. The molecule has 2 N–H and O–H groups in total. The van der Waals surface area contributed by atoms with E-state index in [-0.39, 0.29) is 5.91 Å². The number of hydrogen-bond donors (Lipinski definition) is 2. The standard InChI is InChI=1S/C37H37Cl2N5O3/c1-23(45)44(18-6-16-41-37-29-12-8-25(39)20-35(29)43-33-14-10-27(47-3)22-31(33)37)17-5-4-15-40-36-28-11-7-24(38)19-34(28)42-32-13-9-26(46-2)21-30(32)36/h7-14,19-22H,4-6,15-18H2,1-3H3,(H,40,42)(H,41,43).